The first-order chi connectivity index (χ1) is 10.0. The summed E-state index contributed by atoms with van der Waals surface area (Å²) in [6.07, 6.45) is 0. The molecule has 21 heavy (non-hydrogen) atoms. The van der Waals surface area contributed by atoms with Gasteiger partial charge in [-0.3, -0.25) is 4.79 Å². The molecule has 2 aromatic rings. The van der Waals surface area contributed by atoms with Crippen molar-refractivity contribution in [1.29, 1.82) is 0 Å². The van der Waals surface area contributed by atoms with Crippen molar-refractivity contribution in [1.82, 2.24) is 5.32 Å². The third kappa shape index (κ3) is 4.99. The molecule has 0 heterocycles. The molecule has 0 aliphatic heterocycles. The molecule has 0 fully saturated rings. The first-order valence-electron chi connectivity index (χ1n) is 6.90. The maximum Gasteiger partial charge on any atom is 0.238 e. The van der Waals surface area contributed by atoms with Crippen LogP contribution in [0.25, 0.3) is 0 Å². The first kappa shape index (κ1) is 15.7. The Labute approximate surface area is 133 Å². The van der Waals surface area contributed by atoms with Crippen LogP contribution in [-0.4, -0.2) is 12.5 Å². The Balaban J connectivity index is 1.86. The molecule has 0 unspecified atom stereocenters. The van der Waals surface area contributed by atoms with Gasteiger partial charge < -0.3 is 10.6 Å². The number of hydrogen-bond donors (Lipinski definition) is 2. The normalized spacial score (nSPS) is 12.0. The monoisotopic (exact) mass is 346 g/mol. The second kappa shape index (κ2) is 7.38. The molecule has 3 nitrogen and oxygen atoms in total. The molecular weight excluding hydrogens is 328 g/mol. The quantitative estimate of drug-likeness (QED) is 0.857. The van der Waals surface area contributed by atoms with E-state index < -0.39 is 0 Å². The highest BCUT2D eigenvalue weighted by Crippen LogP contribution is 2.17. The summed E-state index contributed by atoms with van der Waals surface area (Å²) in [5.41, 5.74) is 3.10. The third-order valence-corrected chi connectivity index (χ3v) is 3.71. The largest absolute Gasteiger partial charge is 0.325 e. The molecule has 4 heteroatoms. The van der Waals surface area contributed by atoms with Gasteiger partial charge in [-0.1, -0.05) is 40.2 Å². The van der Waals surface area contributed by atoms with E-state index in [0.717, 1.165) is 21.3 Å². The van der Waals surface area contributed by atoms with Crippen molar-refractivity contribution in [3.63, 3.8) is 0 Å². The van der Waals surface area contributed by atoms with Gasteiger partial charge in [0.25, 0.3) is 0 Å². The summed E-state index contributed by atoms with van der Waals surface area (Å²) in [6.45, 7) is 4.33. The highest BCUT2D eigenvalue weighted by molar-refractivity contribution is 9.10. The van der Waals surface area contributed by atoms with Crippen molar-refractivity contribution in [2.45, 2.75) is 19.9 Å². The van der Waals surface area contributed by atoms with E-state index in [1.807, 2.05) is 56.3 Å². The van der Waals surface area contributed by atoms with E-state index in [1.165, 1.54) is 0 Å². The van der Waals surface area contributed by atoms with E-state index in [1.54, 1.807) is 0 Å². The second-order valence-corrected chi connectivity index (χ2v) is 5.99. The molecule has 0 saturated heterocycles. The minimum absolute atomic E-state index is 0.0394. The van der Waals surface area contributed by atoms with Crippen LogP contribution in [0.5, 0.6) is 0 Å². The van der Waals surface area contributed by atoms with Gasteiger partial charge in [0.05, 0.1) is 6.54 Å². The third-order valence-electron chi connectivity index (χ3n) is 3.22. The van der Waals surface area contributed by atoms with E-state index in [2.05, 4.69) is 32.6 Å². The number of aryl methyl sites for hydroxylation is 1. The van der Waals surface area contributed by atoms with E-state index in [-0.39, 0.29) is 18.5 Å². The summed E-state index contributed by atoms with van der Waals surface area (Å²) in [6, 6.07) is 16.0. The summed E-state index contributed by atoms with van der Waals surface area (Å²) < 4.78 is 1.04. The van der Waals surface area contributed by atoms with Gasteiger partial charge in [0.15, 0.2) is 0 Å². The molecule has 2 rings (SSSR count). The zero-order chi connectivity index (χ0) is 15.2. The Morgan fingerprint density at radius 3 is 2.67 bits per heavy atom. The van der Waals surface area contributed by atoms with Crippen LogP contribution in [0.3, 0.4) is 0 Å². The number of halogens is 1. The summed E-state index contributed by atoms with van der Waals surface area (Å²) in [5, 5.41) is 6.12. The van der Waals surface area contributed by atoms with Crippen molar-refractivity contribution in [3.8, 4) is 0 Å². The van der Waals surface area contributed by atoms with Gasteiger partial charge in [0.2, 0.25) is 5.91 Å². The summed E-state index contributed by atoms with van der Waals surface area (Å²) in [7, 11) is 0. The molecular formula is C17H19BrN2O. The molecule has 0 spiro atoms. The highest BCUT2D eigenvalue weighted by atomic mass is 79.9. The van der Waals surface area contributed by atoms with Crippen molar-refractivity contribution in [2.24, 2.45) is 0 Å². The van der Waals surface area contributed by atoms with Crippen LogP contribution in [0.2, 0.25) is 0 Å². The van der Waals surface area contributed by atoms with E-state index in [9.17, 15) is 4.79 Å². The number of benzene rings is 2. The number of carbonyl (C=O) groups excluding carboxylic acids is 1. The van der Waals surface area contributed by atoms with Crippen LogP contribution in [-0.2, 0) is 4.79 Å². The lowest BCUT2D eigenvalue weighted by Gasteiger charge is -2.14. The fourth-order valence-corrected chi connectivity index (χ4v) is 2.48. The Morgan fingerprint density at radius 2 is 1.95 bits per heavy atom. The lowest BCUT2D eigenvalue weighted by molar-refractivity contribution is -0.115. The van der Waals surface area contributed by atoms with Gasteiger partial charge in [-0.15, -0.1) is 0 Å². The Kier molecular flexibility index (Phi) is 5.53. The SMILES string of the molecule is Cc1cccc(NC(=O)CN[C@H](C)c2cccc(Br)c2)c1. The zero-order valence-electron chi connectivity index (χ0n) is 12.2. The van der Waals surface area contributed by atoms with E-state index >= 15 is 0 Å². The summed E-state index contributed by atoms with van der Waals surface area (Å²) >= 11 is 3.45. The second-order valence-electron chi connectivity index (χ2n) is 5.08. The maximum absolute atomic E-state index is 11.9. The Hall–Kier alpha value is -1.65. The number of rotatable bonds is 5. The predicted octanol–water partition coefficient (Wildman–Crippen LogP) is 4.05. The fraction of sp³-hybridized carbons (Fsp3) is 0.235. The van der Waals surface area contributed by atoms with Gasteiger partial charge >= 0.3 is 0 Å². The van der Waals surface area contributed by atoms with Crippen molar-refractivity contribution in [3.05, 3.63) is 64.1 Å². The molecule has 0 bridgehead atoms. The van der Waals surface area contributed by atoms with Crippen LogP contribution in [0.4, 0.5) is 5.69 Å². The van der Waals surface area contributed by atoms with E-state index in [4.69, 9.17) is 0 Å². The number of carbonyl (C=O) groups is 1. The van der Waals surface area contributed by atoms with Gasteiger partial charge in [0, 0.05) is 16.2 Å². The molecule has 2 aromatic carbocycles. The molecule has 2 N–H and O–H groups in total. The van der Waals surface area contributed by atoms with Crippen LogP contribution in [0.15, 0.2) is 53.0 Å². The molecule has 0 aliphatic carbocycles. The van der Waals surface area contributed by atoms with Crippen LogP contribution in [0, 0.1) is 6.92 Å². The minimum atomic E-state index is -0.0394. The predicted molar refractivity (Wildman–Crippen MR) is 90.4 cm³/mol. The lowest BCUT2D eigenvalue weighted by atomic mass is 10.1. The molecule has 0 radical (unpaired) electrons. The molecule has 1 atom stereocenters. The zero-order valence-corrected chi connectivity index (χ0v) is 13.8. The molecule has 1 amide bonds. The van der Waals surface area contributed by atoms with Gasteiger partial charge in [0.1, 0.15) is 0 Å². The fourth-order valence-electron chi connectivity index (χ4n) is 2.07. The molecule has 0 saturated carbocycles. The van der Waals surface area contributed by atoms with E-state index in [0.29, 0.717) is 0 Å². The molecule has 0 aromatic heterocycles. The van der Waals surface area contributed by atoms with Crippen molar-refractivity contribution < 1.29 is 4.79 Å². The van der Waals surface area contributed by atoms with Gasteiger partial charge in [-0.05, 0) is 49.2 Å². The Morgan fingerprint density at radius 1 is 1.19 bits per heavy atom. The lowest BCUT2D eigenvalue weighted by Crippen LogP contribution is -2.30. The molecule has 0 aliphatic rings. The summed E-state index contributed by atoms with van der Waals surface area (Å²) in [5.74, 6) is -0.0394. The molecule has 110 valence electrons. The number of amides is 1. The van der Waals surface area contributed by atoms with Gasteiger partial charge in [-0.2, -0.15) is 0 Å². The average molecular weight is 347 g/mol. The number of nitrogens with one attached hydrogen (secondary N) is 2. The number of hydrogen-bond acceptors (Lipinski definition) is 2. The number of anilines is 1. The van der Waals surface area contributed by atoms with Gasteiger partial charge in [-0.25, -0.2) is 0 Å². The van der Waals surface area contributed by atoms with Crippen LogP contribution < -0.4 is 10.6 Å². The summed E-state index contributed by atoms with van der Waals surface area (Å²) in [4.78, 5) is 11.9. The van der Waals surface area contributed by atoms with Crippen molar-refractivity contribution >= 4 is 27.5 Å². The maximum atomic E-state index is 11.9. The standard InChI is InChI=1S/C17H19BrN2O/c1-12-5-3-8-16(9-12)20-17(21)11-19-13(2)14-6-4-7-15(18)10-14/h3-10,13,19H,11H2,1-2H3,(H,20,21)/t13-/m1/s1. The average Bonchev–Trinajstić information content (AvgIpc) is 2.45. The first-order valence-corrected chi connectivity index (χ1v) is 7.69. The minimum Gasteiger partial charge on any atom is -0.325 e. The highest BCUT2D eigenvalue weighted by Gasteiger charge is 2.08. The smallest absolute Gasteiger partial charge is 0.238 e. The van der Waals surface area contributed by atoms with Crippen LogP contribution in [0.1, 0.15) is 24.1 Å². The van der Waals surface area contributed by atoms with Crippen LogP contribution >= 0.6 is 15.9 Å². The topological polar surface area (TPSA) is 41.1 Å². The van der Waals surface area contributed by atoms with Crippen molar-refractivity contribution in [2.75, 3.05) is 11.9 Å². The Bertz CT molecular complexity index is 628.